The second-order valence-electron chi connectivity index (χ2n) is 5.03. The van der Waals surface area contributed by atoms with Crippen molar-refractivity contribution in [3.63, 3.8) is 0 Å². The maximum Gasteiger partial charge on any atom is 0.238 e. The van der Waals surface area contributed by atoms with Gasteiger partial charge in [0, 0.05) is 11.7 Å². The molecule has 21 heavy (non-hydrogen) atoms. The topological polar surface area (TPSA) is 41.1 Å². The quantitative estimate of drug-likeness (QED) is 0.884. The molecule has 110 valence electrons. The van der Waals surface area contributed by atoms with Gasteiger partial charge in [0.05, 0.1) is 6.54 Å². The molecule has 0 aliphatic heterocycles. The van der Waals surface area contributed by atoms with Gasteiger partial charge in [-0.2, -0.15) is 0 Å². The summed E-state index contributed by atoms with van der Waals surface area (Å²) in [6.45, 7) is 3.85. The number of nitrogens with one attached hydrogen (secondary N) is 2. The molecule has 2 aromatic rings. The fourth-order valence-corrected chi connectivity index (χ4v) is 1.98. The molecule has 0 bridgehead atoms. The van der Waals surface area contributed by atoms with Crippen LogP contribution in [0.3, 0.4) is 0 Å². The largest absolute Gasteiger partial charge is 0.325 e. The van der Waals surface area contributed by atoms with Gasteiger partial charge in [0.15, 0.2) is 0 Å². The molecule has 0 saturated carbocycles. The van der Waals surface area contributed by atoms with E-state index in [1.807, 2.05) is 37.3 Å². The molecule has 4 heteroatoms. The zero-order valence-electron chi connectivity index (χ0n) is 12.2. The molecule has 0 saturated heterocycles. The summed E-state index contributed by atoms with van der Waals surface area (Å²) >= 11 is 0. The van der Waals surface area contributed by atoms with Crippen molar-refractivity contribution in [2.75, 3.05) is 11.9 Å². The Morgan fingerprint density at radius 3 is 2.57 bits per heavy atom. The van der Waals surface area contributed by atoms with Crippen molar-refractivity contribution in [3.05, 3.63) is 65.5 Å². The lowest BCUT2D eigenvalue weighted by Gasteiger charge is -2.14. The molecule has 0 radical (unpaired) electrons. The number of carbonyl (C=O) groups excluding carboxylic acids is 1. The molecule has 1 amide bonds. The van der Waals surface area contributed by atoms with Crippen molar-refractivity contribution >= 4 is 11.6 Å². The first-order valence-electron chi connectivity index (χ1n) is 6.90. The number of halogens is 1. The molecule has 1 atom stereocenters. The molecule has 0 aromatic heterocycles. The summed E-state index contributed by atoms with van der Waals surface area (Å²) < 4.78 is 13.4. The third kappa shape index (κ3) is 4.39. The molecule has 0 aliphatic carbocycles. The van der Waals surface area contributed by atoms with Crippen LogP contribution in [0.25, 0.3) is 0 Å². The van der Waals surface area contributed by atoms with Gasteiger partial charge in [-0.05, 0) is 37.1 Å². The Balaban J connectivity index is 1.86. The van der Waals surface area contributed by atoms with Crippen molar-refractivity contribution in [3.8, 4) is 0 Å². The Hall–Kier alpha value is -2.20. The third-order valence-electron chi connectivity index (χ3n) is 3.32. The van der Waals surface area contributed by atoms with E-state index in [0.717, 1.165) is 5.56 Å². The highest BCUT2D eigenvalue weighted by molar-refractivity contribution is 5.92. The monoisotopic (exact) mass is 286 g/mol. The summed E-state index contributed by atoms with van der Waals surface area (Å²) in [7, 11) is 0. The van der Waals surface area contributed by atoms with Crippen LogP contribution in [-0.4, -0.2) is 12.5 Å². The molecule has 2 N–H and O–H groups in total. The summed E-state index contributed by atoms with van der Waals surface area (Å²) in [4.78, 5) is 11.8. The number of carbonyl (C=O) groups is 1. The molecule has 0 aliphatic rings. The van der Waals surface area contributed by atoms with Gasteiger partial charge in [-0.3, -0.25) is 4.79 Å². The lowest BCUT2D eigenvalue weighted by Crippen LogP contribution is -2.30. The SMILES string of the molecule is Cc1ccc(NC(=O)CN[C@H](C)c2ccccc2)cc1F. The van der Waals surface area contributed by atoms with Crippen LogP contribution in [0.1, 0.15) is 24.1 Å². The maximum atomic E-state index is 13.4. The van der Waals surface area contributed by atoms with E-state index in [4.69, 9.17) is 0 Å². The van der Waals surface area contributed by atoms with Gasteiger partial charge in [-0.15, -0.1) is 0 Å². The van der Waals surface area contributed by atoms with E-state index in [2.05, 4.69) is 10.6 Å². The van der Waals surface area contributed by atoms with Gasteiger partial charge >= 0.3 is 0 Å². The molecule has 0 fully saturated rings. The van der Waals surface area contributed by atoms with Crippen LogP contribution in [0.2, 0.25) is 0 Å². The highest BCUT2D eigenvalue weighted by atomic mass is 19.1. The molecule has 0 spiro atoms. The van der Waals surface area contributed by atoms with E-state index in [1.165, 1.54) is 6.07 Å². The summed E-state index contributed by atoms with van der Waals surface area (Å²) in [5, 5.41) is 5.81. The smallest absolute Gasteiger partial charge is 0.238 e. The average molecular weight is 286 g/mol. The first-order valence-corrected chi connectivity index (χ1v) is 6.90. The fourth-order valence-electron chi connectivity index (χ4n) is 1.98. The zero-order chi connectivity index (χ0) is 15.2. The summed E-state index contributed by atoms with van der Waals surface area (Å²) in [5.74, 6) is -0.514. The number of benzene rings is 2. The van der Waals surface area contributed by atoms with E-state index in [1.54, 1.807) is 19.1 Å². The first-order chi connectivity index (χ1) is 10.1. The first kappa shape index (κ1) is 15.2. The fraction of sp³-hybridized carbons (Fsp3) is 0.235. The van der Waals surface area contributed by atoms with E-state index in [9.17, 15) is 9.18 Å². The van der Waals surface area contributed by atoms with E-state index in [-0.39, 0.29) is 24.3 Å². The van der Waals surface area contributed by atoms with Crippen LogP contribution >= 0.6 is 0 Å². The van der Waals surface area contributed by atoms with Crippen LogP contribution < -0.4 is 10.6 Å². The number of hydrogen-bond donors (Lipinski definition) is 2. The average Bonchev–Trinajstić information content (AvgIpc) is 2.49. The van der Waals surface area contributed by atoms with Crippen molar-refractivity contribution < 1.29 is 9.18 Å². The molecule has 2 aromatic carbocycles. The lowest BCUT2D eigenvalue weighted by atomic mass is 10.1. The number of amides is 1. The number of aryl methyl sites for hydroxylation is 1. The highest BCUT2D eigenvalue weighted by Gasteiger charge is 2.08. The van der Waals surface area contributed by atoms with Crippen LogP contribution in [-0.2, 0) is 4.79 Å². The number of hydrogen-bond acceptors (Lipinski definition) is 2. The minimum atomic E-state index is -0.321. The van der Waals surface area contributed by atoms with Gasteiger partial charge in [0.25, 0.3) is 0 Å². The Kier molecular flexibility index (Phi) is 5.06. The minimum absolute atomic E-state index is 0.0757. The number of anilines is 1. The number of rotatable bonds is 5. The van der Waals surface area contributed by atoms with E-state index < -0.39 is 0 Å². The predicted molar refractivity (Wildman–Crippen MR) is 82.6 cm³/mol. The maximum absolute atomic E-state index is 13.4. The van der Waals surface area contributed by atoms with Crippen LogP contribution in [0.15, 0.2) is 48.5 Å². The lowest BCUT2D eigenvalue weighted by molar-refractivity contribution is -0.115. The third-order valence-corrected chi connectivity index (χ3v) is 3.32. The zero-order valence-corrected chi connectivity index (χ0v) is 12.2. The molecule has 0 heterocycles. The van der Waals surface area contributed by atoms with E-state index in [0.29, 0.717) is 11.3 Å². The normalized spacial score (nSPS) is 12.0. The minimum Gasteiger partial charge on any atom is -0.325 e. The Morgan fingerprint density at radius 2 is 1.90 bits per heavy atom. The van der Waals surface area contributed by atoms with Gasteiger partial charge in [-0.1, -0.05) is 36.4 Å². The Labute approximate surface area is 124 Å². The van der Waals surface area contributed by atoms with Gasteiger partial charge < -0.3 is 10.6 Å². The van der Waals surface area contributed by atoms with Crippen molar-refractivity contribution in [1.29, 1.82) is 0 Å². The van der Waals surface area contributed by atoms with Crippen molar-refractivity contribution in [2.24, 2.45) is 0 Å². The molecular formula is C17H19FN2O. The predicted octanol–water partition coefficient (Wildman–Crippen LogP) is 3.42. The highest BCUT2D eigenvalue weighted by Crippen LogP contribution is 2.14. The molecular weight excluding hydrogens is 267 g/mol. The second kappa shape index (κ2) is 6.99. The van der Waals surface area contributed by atoms with Crippen molar-refractivity contribution in [1.82, 2.24) is 5.32 Å². The second-order valence-corrected chi connectivity index (χ2v) is 5.03. The Bertz CT molecular complexity index is 613. The molecule has 0 unspecified atom stereocenters. The summed E-state index contributed by atoms with van der Waals surface area (Å²) in [5.41, 5.74) is 2.15. The van der Waals surface area contributed by atoms with Gasteiger partial charge in [-0.25, -0.2) is 4.39 Å². The molecule has 3 nitrogen and oxygen atoms in total. The summed E-state index contributed by atoms with van der Waals surface area (Å²) in [6.07, 6.45) is 0. The Morgan fingerprint density at radius 1 is 1.19 bits per heavy atom. The van der Waals surface area contributed by atoms with Gasteiger partial charge in [0.2, 0.25) is 5.91 Å². The van der Waals surface area contributed by atoms with Crippen molar-refractivity contribution in [2.45, 2.75) is 19.9 Å². The van der Waals surface area contributed by atoms with Crippen LogP contribution in [0, 0.1) is 12.7 Å². The van der Waals surface area contributed by atoms with Gasteiger partial charge in [0.1, 0.15) is 5.82 Å². The standard InChI is InChI=1S/C17H19FN2O/c1-12-8-9-15(10-16(12)18)20-17(21)11-19-13(2)14-6-4-3-5-7-14/h3-10,13,19H,11H2,1-2H3,(H,20,21)/t13-/m1/s1. The summed E-state index contributed by atoms with van der Waals surface area (Å²) in [6, 6.07) is 14.6. The van der Waals surface area contributed by atoms with Crippen LogP contribution in [0.4, 0.5) is 10.1 Å². The molecule has 2 rings (SSSR count). The van der Waals surface area contributed by atoms with Crippen LogP contribution in [0.5, 0.6) is 0 Å². The van der Waals surface area contributed by atoms with E-state index >= 15 is 0 Å².